The van der Waals surface area contributed by atoms with Gasteiger partial charge in [0.25, 0.3) is 10.0 Å². The number of piperazine rings is 1. The van der Waals surface area contributed by atoms with Crippen molar-refractivity contribution < 1.29 is 12.8 Å². The van der Waals surface area contributed by atoms with Crippen molar-refractivity contribution in [2.75, 3.05) is 40.3 Å². The van der Waals surface area contributed by atoms with Gasteiger partial charge in [-0.25, -0.2) is 13.4 Å². The van der Waals surface area contributed by atoms with E-state index >= 15 is 0 Å². The van der Waals surface area contributed by atoms with Gasteiger partial charge in [-0.1, -0.05) is 0 Å². The zero-order valence-electron chi connectivity index (χ0n) is 11.2. The van der Waals surface area contributed by atoms with Crippen molar-refractivity contribution in [3.63, 3.8) is 0 Å². The summed E-state index contributed by atoms with van der Waals surface area (Å²) < 4.78 is 29.5. The molecule has 2 heterocycles. The molecule has 7 nitrogen and oxygen atoms in total. The van der Waals surface area contributed by atoms with Crippen LogP contribution in [0, 0.1) is 0 Å². The number of rotatable bonds is 5. The van der Waals surface area contributed by atoms with Gasteiger partial charge in [0.2, 0.25) is 5.09 Å². The van der Waals surface area contributed by atoms with Crippen molar-refractivity contribution in [2.45, 2.75) is 11.6 Å². The molecule has 1 aromatic rings. The Morgan fingerprint density at radius 3 is 2.58 bits per heavy atom. The van der Waals surface area contributed by atoms with E-state index in [9.17, 15) is 8.42 Å². The molecule has 19 heavy (non-hydrogen) atoms. The zero-order chi connectivity index (χ0) is 13.9. The third-order valence-corrected chi connectivity index (χ3v) is 4.25. The number of likely N-dealkylation sites (N-methyl/N-ethyl adjacent to an activating group) is 1. The summed E-state index contributed by atoms with van der Waals surface area (Å²) in [4.78, 5) is 4.71. The molecule has 0 amide bonds. The Kier molecular flexibility index (Phi) is 4.58. The predicted molar refractivity (Wildman–Crippen MR) is 70.9 cm³/mol. The van der Waals surface area contributed by atoms with Crippen LogP contribution in [-0.2, 0) is 16.6 Å². The van der Waals surface area contributed by atoms with Gasteiger partial charge in [0.05, 0.1) is 6.54 Å². The van der Waals surface area contributed by atoms with Crippen molar-refractivity contribution in [3.8, 4) is 0 Å². The van der Waals surface area contributed by atoms with Gasteiger partial charge in [-0.2, -0.15) is 0 Å². The average molecular weight is 288 g/mol. The van der Waals surface area contributed by atoms with Crippen LogP contribution in [0.1, 0.15) is 5.76 Å². The molecule has 1 fully saturated rings. The molecular formula is C11H20N4O3S. The fraction of sp³-hybridized carbons (Fsp3) is 0.636. The lowest BCUT2D eigenvalue weighted by molar-refractivity contribution is 0.134. The minimum atomic E-state index is -3.61. The first-order chi connectivity index (χ1) is 9.01. The van der Waals surface area contributed by atoms with Gasteiger partial charge in [-0.3, -0.25) is 0 Å². The van der Waals surface area contributed by atoms with Gasteiger partial charge in [-0.15, -0.1) is 4.83 Å². The van der Waals surface area contributed by atoms with Gasteiger partial charge in [0.1, 0.15) is 5.76 Å². The maximum atomic E-state index is 12.1. The summed E-state index contributed by atoms with van der Waals surface area (Å²) in [7, 11) is 0.181. The van der Waals surface area contributed by atoms with Crippen LogP contribution < -0.4 is 10.1 Å². The second-order valence-electron chi connectivity index (χ2n) is 4.64. The van der Waals surface area contributed by atoms with Crippen LogP contribution in [0.2, 0.25) is 0 Å². The fourth-order valence-corrected chi connectivity index (χ4v) is 2.96. The van der Waals surface area contributed by atoms with E-state index in [0.717, 1.165) is 13.1 Å². The number of nitrogens with one attached hydrogen (secondary N) is 2. The minimum Gasteiger partial charge on any atom is -0.447 e. The molecule has 0 bridgehead atoms. The first-order valence-electron chi connectivity index (χ1n) is 6.20. The van der Waals surface area contributed by atoms with Crippen molar-refractivity contribution >= 4 is 10.0 Å². The largest absolute Gasteiger partial charge is 0.447 e. The van der Waals surface area contributed by atoms with Crippen molar-refractivity contribution in [1.29, 1.82) is 0 Å². The summed E-state index contributed by atoms with van der Waals surface area (Å²) in [5, 5.41) is 4.57. The molecule has 0 radical (unpaired) electrons. The normalized spacial score (nSPS) is 18.8. The Bertz CT molecular complexity index is 506. The van der Waals surface area contributed by atoms with E-state index in [4.69, 9.17) is 4.42 Å². The summed E-state index contributed by atoms with van der Waals surface area (Å²) >= 11 is 0. The minimum absolute atomic E-state index is 0.0447. The summed E-state index contributed by atoms with van der Waals surface area (Å²) in [5.74, 6) is 0.598. The van der Waals surface area contributed by atoms with Gasteiger partial charge in [0, 0.05) is 26.2 Å². The van der Waals surface area contributed by atoms with Crippen LogP contribution in [0.4, 0.5) is 0 Å². The third kappa shape index (κ3) is 3.77. The highest BCUT2D eigenvalue weighted by Gasteiger charge is 2.24. The second kappa shape index (κ2) is 6.02. The van der Waals surface area contributed by atoms with E-state index in [1.807, 2.05) is 7.05 Å². The molecule has 1 aliphatic rings. The van der Waals surface area contributed by atoms with E-state index in [-0.39, 0.29) is 5.09 Å². The smallest absolute Gasteiger partial charge is 0.286 e. The summed E-state index contributed by atoms with van der Waals surface area (Å²) in [5.41, 5.74) is 0. The van der Waals surface area contributed by atoms with Crippen LogP contribution in [0.3, 0.4) is 0 Å². The summed E-state index contributed by atoms with van der Waals surface area (Å²) in [6.45, 7) is 3.51. The lowest BCUT2D eigenvalue weighted by Gasteiger charge is -2.31. The quantitative estimate of drug-likeness (QED) is 0.756. The first kappa shape index (κ1) is 14.5. The van der Waals surface area contributed by atoms with E-state index in [1.165, 1.54) is 6.07 Å². The molecular weight excluding hydrogens is 268 g/mol. The van der Waals surface area contributed by atoms with Crippen LogP contribution in [-0.4, -0.2) is 58.6 Å². The van der Waals surface area contributed by atoms with Crippen LogP contribution in [0.25, 0.3) is 0 Å². The fourth-order valence-electron chi connectivity index (χ4n) is 1.88. The van der Waals surface area contributed by atoms with Gasteiger partial charge < -0.3 is 14.6 Å². The Hall–Kier alpha value is -0.930. The Morgan fingerprint density at radius 2 is 1.95 bits per heavy atom. The van der Waals surface area contributed by atoms with Crippen molar-refractivity contribution in [3.05, 3.63) is 17.9 Å². The maximum absolute atomic E-state index is 12.1. The standard InChI is InChI=1S/C11H20N4O3S/c1-12-9-10-3-4-11(18-10)19(16,17)13-15-7-5-14(2)6-8-15/h3-4,12-13H,5-9H2,1-2H3. The van der Waals surface area contributed by atoms with Crippen LogP contribution in [0.15, 0.2) is 21.6 Å². The van der Waals surface area contributed by atoms with Gasteiger partial charge in [0.15, 0.2) is 0 Å². The van der Waals surface area contributed by atoms with Crippen molar-refractivity contribution in [1.82, 2.24) is 20.1 Å². The van der Waals surface area contributed by atoms with Crippen LogP contribution in [0.5, 0.6) is 0 Å². The lowest BCUT2D eigenvalue weighted by atomic mass is 10.4. The highest BCUT2D eigenvalue weighted by atomic mass is 32.2. The number of hydrazine groups is 1. The highest BCUT2D eigenvalue weighted by Crippen LogP contribution is 2.14. The molecule has 0 unspecified atom stereocenters. The average Bonchev–Trinajstić information content (AvgIpc) is 2.82. The van der Waals surface area contributed by atoms with E-state index in [2.05, 4.69) is 15.0 Å². The molecule has 108 valence electrons. The Morgan fingerprint density at radius 1 is 1.26 bits per heavy atom. The molecule has 8 heteroatoms. The van der Waals surface area contributed by atoms with Crippen LogP contribution >= 0.6 is 0 Å². The molecule has 0 aliphatic carbocycles. The number of furan rings is 1. The molecule has 2 rings (SSSR count). The van der Waals surface area contributed by atoms with Gasteiger partial charge in [-0.05, 0) is 26.2 Å². The molecule has 0 saturated carbocycles. The van der Waals surface area contributed by atoms with E-state index < -0.39 is 10.0 Å². The molecule has 0 atom stereocenters. The lowest BCUT2D eigenvalue weighted by Crippen LogP contribution is -2.52. The SMILES string of the molecule is CNCc1ccc(S(=O)(=O)NN2CCN(C)CC2)o1. The third-order valence-electron chi connectivity index (χ3n) is 3.01. The monoisotopic (exact) mass is 288 g/mol. The topological polar surface area (TPSA) is 77.8 Å². The maximum Gasteiger partial charge on any atom is 0.286 e. The molecule has 1 saturated heterocycles. The zero-order valence-corrected chi connectivity index (χ0v) is 12.0. The molecule has 1 aliphatic heterocycles. The first-order valence-corrected chi connectivity index (χ1v) is 7.69. The van der Waals surface area contributed by atoms with E-state index in [0.29, 0.717) is 25.4 Å². The molecule has 0 spiro atoms. The predicted octanol–water partition coefficient (Wildman–Crippen LogP) is -0.560. The number of sulfonamides is 1. The van der Waals surface area contributed by atoms with Crippen molar-refractivity contribution in [2.24, 2.45) is 0 Å². The van der Waals surface area contributed by atoms with Gasteiger partial charge >= 0.3 is 0 Å². The molecule has 0 aromatic carbocycles. The Balaban J connectivity index is 2.01. The highest BCUT2D eigenvalue weighted by molar-refractivity contribution is 7.89. The summed E-state index contributed by atoms with van der Waals surface area (Å²) in [6, 6.07) is 3.14. The number of nitrogens with zero attached hydrogens (tertiary/aromatic N) is 2. The number of hydrogen-bond donors (Lipinski definition) is 2. The number of hydrogen-bond acceptors (Lipinski definition) is 6. The molecule has 2 N–H and O–H groups in total. The summed E-state index contributed by atoms with van der Waals surface area (Å²) in [6.07, 6.45) is 0. The second-order valence-corrected chi connectivity index (χ2v) is 6.23. The Labute approximate surface area is 113 Å². The van der Waals surface area contributed by atoms with E-state index in [1.54, 1.807) is 18.1 Å². The molecule has 1 aromatic heterocycles.